The van der Waals surface area contributed by atoms with Gasteiger partial charge in [0, 0.05) is 13.1 Å². The molecule has 2 atom stereocenters. The lowest BCUT2D eigenvalue weighted by Gasteiger charge is -2.30. The Kier molecular flexibility index (Phi) is 9.82. The maximum atomic E-state index is 4.71. The van der Waals surface area contributed by atoms with Crippen LogP contribution in [0.25, 0.3) is 11.0 Å². The highest BCUT2D eigenvalue weighted by Crippen LogP contribution is 2.19. The zero-order valence-electron chi connectivity index (χ0n) is 18.0. The Bertz CT molecular complexity index is 585. The van der Waals surface area contributed by atoms with E-state index in [0.29, 0.717) is 0 Å². The second-order valence-corrected chi connectivity index (χ2v) is 8.07. The van der Waals surface area contributed by atoms with Crippen LogP contribution in [0.15, 0.2) is 24.3 Å². The Morgan fingerprint density at radius 1 is 0.815 bits per heavy atom. The lowest BCUT2D eigenvalue weighted by atomic mass is 9.96. The second kappa shape index (κ2) is 12.1. The number of unbranched alkanes of at least 4 members (excludes halogenated alkanes) is 2. The smallest absolute Gasteiger partial charge is 0.113 e. The Morgan fingerprint density at radius 3 is 1.70 bits per heavy atom. The summed E-state index contributed by atoms with van der Waals surface area (Å²) in [4.78, 5) is 4.52. The molecule has 0 bridgehead atoms. The standard InChI is InChI=1S/C23H40N4/c1-5-9-13-20(7-3)17-26(18-21(8-4)14-10-6-2)19-27-24-22-15-11-12-16-23(22)25-27/h11-12,15-16,20-21H,5-10,13-14,17-19H2,1-4H3. The number of nitrogens with zero attached hydrogens (tertiary/aromatic N) is 4. The van der Waals surface area contributed by atoms with Crippen molar-refractivity contribution in [2.24, 2.45) is 11.8 Å². The zero-order valence-corrected chi connectivity index (χ0v) is 18.0. The molecule has 0 N–H and O–H groups in total. The van der Waals surface area contributed by atoms with Gasteiger partial charge in [0.2, 0.25) is 0 Å². The van der Waals surface area contributed by atoms with Gasteiger partial charge >= 0.3 is 0 Å². The van der Waals surface area contributed by atoms with Gasteiger partial charge in [-0.25, -0.2) is 0 Å². The van der Waals surface area contributed by atoms with Crippen molar-refractivity contribution in [3.63, 3.8) is 0 Å². The van der Waals surface area contributed by atoms with E-state index in [2.05, 4.69) is 44.7 Å². The molecule has 1 heterocycles. The van der Waals surface area contributed by atoms with Crippen LogP contribution in [-0.2, 0) is 6.67 Å². The topological polar surface area (TPSA) is 34.0 Å². The minimum absolute atomic E-state index is 0.776. The van der Waals surface area contributed by atoms with Crippen molar-refractivity contribution in [1.82, 2.24) is 19.9 Å². The maximum Gasteiger partial charge on any atom is 0.113 e. The fourth-order valence-electron chi connectivity index (χ4n) is 3.90. The largest absolute Gasteiger partial charge is 0.282 e. The molecule has 0 saturated heterocycles. The minimum Gasteiger partial charge on any atom is -0.282 e. The van der Waals surface area contributed by atoms with Gasteiger partial charge in [-0.2, -0.15) is 15.0 Å². The number of hydrogen-bond donors (Lipinski definition) is 0. The molecular weight excluding hydrogens is 332 g/mol. The van der Waals surface area contributed by atoms with E-state index in [1.54, 1.807) is 0 Å². The van der Waals surface area contributed by atoms with E-state index in [0.717, 1.165) is 42.6 Å². The van der Waals surface area contributed by atoms with Crippen molar-refractivity contribution < 1.29 is 0 Å². The zero-order chi connectivity index (χ0) is 19.5. The lowest BCUT2D eigenvalue weighted by Crippen LogP contribution is -2.36. The van der Waals surface area contributed by atoms with Crippen molar-refractivity contribution in [2.45, 2.75) is 85.7 Å². The minimum atomic E-state index is 0.776. The molecule has 0 saturated carbocycles. The van der Waals surface area contributed by atoms with E-state index in [1.807, 2.05) is 16.9 Å². The summed E-state index contributed by atoms with van der Waals surface area (Å²) in [5, 5.41) is 9.41. The number of hydrogen-bond acceptors (Lipinski definition) is 3. The van der Waals surface area contributed by atoms with Crippen molar-refractivity contribution in [3.8, 4) is 0 Å². The summed E-state index contributed by atoms with van der Waals surface area (Å²) >= 11 is 0. The van der Waals surface area contributed by atoms with E-state index < -0.39 is 0 Å². The van der Waals surface area contributed by atoms with E-state index in [-0.39, 0.29) is 0 Å². The van der Waals surface area contributed by atoms with Gasteiger partial charge in [0.1, 0.15) is 17.7 Å². The molecule has 152 valence electrons. The van der Waals surface area contributed by atoms with E-state index in [4.69, 9.17) is 10.2 Å². The van der Waals surface area contributed by atoms with Crippen LogP contribution in [0.4, 0.5) is 0 Å². The Hall–Kier alpha value is -1.42. The van der Waals surface area contributed by atoms with Crippen LogP contribution in [0.1, 0.15) is 79.1 Å². The SMILES string of the molecule is CCCCC(CC)CN(CC(CC)CCCC)Cn1nc2ccccc2n1. The van der Waals surface area contributed by atoms with Gasteiger partial charge in [-0.3, -0.25) is 4.90 Å². The van der Waals surface area contributed by atoms with E-state index in [9.17, 15) is 0 Å². The van der Waals surface area contributed by atoms with Gasteiger partial charge in [-0.1, -0.05) is 78.4 Å². The highest BCUT2D eigenvalue weighted by molar-refractivity contribution is 5.72. The summed E-state index contributed by atoms with van der Waals surface area (Å²) in [5.41, 5.74) is 1.99. The van der Waals surface area contributed by atoms with Crippen LogP contribution in [0.5, 0.6) is 0 Å². The first-order valence-electron chi connectivity index (χ1n) is 11.2. The molecule has 0 fully saturated rings. The first kappa shape index (κ1) is 21.9. The molecule has 2 aromatic rings. The van der Waals surface area contributed by atoms with E-state index >= 15 is 0 Å². The Labute approximate surface area is 166 Å². The number of benzene rings is 1. The molecule has 0 radical (unpaired) electrons. The van der Waals surface area contributed by atoms with Crippen LogP contribution < -0.4 is 0 Å². The molecule has 0 aliphatic heterocycles. The molecule has 2 rings (SSSR count). The summed E-state index contributed by atoms with van der Waals surface area (Å²) in [6.45, 7) is 12.4. The van der Waals surface area contributed by atoms with Gasteiger partial charge in [-0.15, -0.1) is 0 Å². The van der Waals surface area contributed by atoms with Crippen LogP contribution >= 0.6 is 0 Å². The molecule has 0 amide bonds. The van der Waals surface area contributed by atoms with Crippen LogP contribution in [-0.4, -0.2) is 33.0 Å². The second-order valence-electron chi connectivity index (χ2n) is 8.07. The monoisotopic (exact) mass is 372 g/mol. The summed E-state index contributed by atoms with van der Waals surface area (Å²) in [5.74, 6) is 1.55. The molecule has 4 nitrogen and oxygen atoms in total. The summed E-state index contributed by atoms with van der Waals surface area (Å²) < 4.78 is 0. The van der Waals surface area contributed by atoms with Crippen molar-refractivity contribution in [2.75, 3.05) is 13.1 Å². The molecule has 0 aliphatic carbocycles. The molecular formula is C23H40N4. The lowest BCUT2D eigenvalue weighted by molar-refractivity contribution is 0.131. The predicted molar refractivity (Wildman–Crippen MR) is 116 cm³/mol. The highest BCUT2D eigenvalue weighted by atomic mass is 15.5. The average molecular weight is 373 g/mol. The Morgan fingerprint density at radius 2 is 1.30 bits per heavy atom. The third kappa shape index (κ3) is 7.25. The Balaban J connectivity index is 2.08. The van der Waals surface area contributed by atoms with Crippen LogP contribution in [0, 0.1) is 11.8 Å². The van der Waals surface area contributed by atoms with Crippen LogP contribution in [0.2, 0.25) is 0 Å². The number of fused-ring (bicyclic) bond motifs is 1. The van der Waals surface area contributed by atoms with Crippen molar-refractivity contribution in [3.05, 3.63) is 24.3 Å². The molecule has 4 heteroatoms. The van der Waals surface area contributed by atoms with Gasteiger partial charge < -0.3 is 0 Å². The van der Waals surface area contributed by atoms with Crippen molar-refractivity contribution in [1.29, 1.82) is 0 Å². The molecule has 27 heavy (non-hydrogen) atoms. The molecule has 1 aromatic heterocycles. The number of aromatic nitrogens is 3. The van der Waals surface area contributed by atoms with Gasteiger partial charge in [0.05, 0.1) is 0 Å². The fourth-order valence-corrected chi connectivity index (χ4v) is 3.90. The first-order chi connectivity index (χ1) is 13.2. The first-order valence-corrected chi connectivity index (χ1v) is 11.2. The number of rotatable bonds is 14. The third-order valence-electron chi connectivity index (χ3n) is 5.77. The van der Waals surface area contributed by atoms with Gasteiger partial charge in [0.25, 0.3) is 0 Å². The molecule has 0 aliphatic rings. The molecule has 2 unspecified atom stereocenters. The normalized spacial score (nSPS) is 14.1. The molecule has 1 aromatic carbocycles. The van der Waals surface area contributed by atoms with Gasteiger partial charge in [0.15, 0.2) is 0 Å². The summed E-state index contributed by atoms with van der Waals surface area (Å²) in [7, 11) is 0. The summed E-state index contributed by atoms with van der Waals surface area (Å²) in [6.07, 6.45) is 10.4. The van der Waals surface area contributed by atoms with Crippen molar-refractivity contribution >= 4 is 11.0 Å². The average Bonchev–Trinajstić information content (AvgIpc) is 3.10. The highest BCUT2D eigenvalue weighted by Gasteiger charge is 2.18. The maximum absolute atomic E-state index is 4.71. The van der Waals surface area contributed by atoms with E-state index in [1.165, 1.54) is 51.4 Å². The summed E-state index contributed by atoms with van der Waals surface area (Å²) in [6, 6.07) is 8.18. The van der Waals surface area contributed by atoms with Gasteiger partial charge in [-0.05, 0) is 36.8 Å². The quantitative estimate of drug-likeness (QED) is 0.400. The third-order valence-corrected chi connectivity index (χ3v) is 5.77. The fraction of sp³-hybridized carbons (Fsp3) is 0.739. The van der Waals surface area contributed by atoms with Crippen LogP contribution in [0.3, 0.4) is 0 Å². The predicted octanol–water partition coefficient (Wildman–Crippen LogP) is 6.12. The molecule has 0 spiro atoms.